The van der Waals surface area contributed by atoms with Gasteiger partial charge in [0.25, 0.3) is 10.0 Å². The molecule has 0 saturated carbocycles. The molecule has 0 amide bonds. The van der Waals surface area contributed by atoms with Crippen molar-refractivity contribution >= 4 is 15.7 Å². The van der Waals surface area contributed by atoms with Crippen molar-refractivity contribution < 1.29 is 8.42 Å². The number of aromatic amines is 1. The van der Waals surface area contributed by atoms with Crippen molar-refractivity contribution in [2.45, 2.75) is 32.2 Å². The normalized spacial score (nSPS) is 11.8. The quantitative estimate of drug-likeness (QED) is 0.727. The number of H-pyrrole nitrogens is 1. The van der Waals surface area contributed by atoms with Crippen molar-refractivity contribution in [1.29, 1.82) is 0 Å². The summed E-state index contributed by atoms with van der Waals surface area (Å²) in [5.74, 6) is 0. The molecule has 9 heteroatoms. The maximum Gasteiger partial charge on any atom is 0.265 e. The topological polar surface area (TPSA) is 105 Å². The highest BCUT2D eigenvalue weighted by Crippen LogP contribution is 2.22. The lowest BCUT2D eigenvalue weighted by Gasteiger charge is -2.08. The lowest BCUT2D eigenvalue weighted by Crippen LogP contribution is -2.19. The second kappa shape index (κ2) is 5.86. The highest BCUT2D eigenvalue weighted by molar-refractivity contribution is 7.92. The number of hydrogen-bond donors (Lipinski definition) is 3. The zero-order valence-corrected chi connectivity index (χ0v) is 13.4. The molecule has 0 saturated heterocycles. The second-order valence-corrected chi connectivity index (χ2v) is 6.43. The summed E-state index contributed by atoms with van der Waals surface area (Å²) in [5.41, 5.74) is 2.07. The van der Waals surface area contributed by atoms with Crippen molar-refractivity contribution in [3.63, 3.8) is 0 Å². The van der Waals surface area contributed by atoms with E-state index in [1.165, 1.54) is 0 Å². The summed E-state index contributed by atoms with van der Waals surface area (Å²) in [5, 5.41) is 14.0. The van der Waals surface area contributed by atoms with Gasteiger partial charge in [0.05, 0.1) is 22.8 Å². The summed E-state index contributed by atoms with van der Waals surface area (Å²) in [6.45, 7) is 6.52. The van der Waals surface area contributed by atoms with Crippen LogP contribution in [0.1, 0.15) is 24.0 Å². The Labute approximate surface area is 124 Å². The monoisotopic (exact) mass is 312 g/mol. The Morgan fingerprint density at radius 2 is 2.10 bits per heavy atom. The lowest BCUT2D eigenvalue weighted by atomic mass is 10.3. The van der Waals surface area contributed by atoms with Gasteiger partial charge in [0.1, 0.15) is 4.90 Å². The first-order valence-corrected chi connectivity index (χ1v) is 8.11. The predicted octanol–water partition coefficient (Wildman–Crippen LogP) is 0.670. The number of hydrogen-bond acceptors (Lipinski definition) is 5. The summed E-state index contributed by atoms with van der Waals surface area (Å²) in [6.07, 6.45) is 1.63. The van der Waals surface area contributed by atoms with Gasteiger partial charge in [-0.05, 0) is 20.4 Å². The van der Waals surface area contributed by atoms with E-state index in [4.69, 9.17) is 0 Å². The number of nitrogens with one attached hydrogen (secondary N) is 3. The van der Waals surface area contributed by atoms with Crippen LogP contribution in [0.3, 0.4) is 0 Å². The van der Waals surface area contributed by atoms with Gasteiger partial charge < -0.3 is 5.32 Å². The molecule has 0 bridgehead atoms. The molecule has 3 N–H and O–H groups in total. The molecule has 0 fully saturated rings. The Morgan fingerprint density at radius 3 is 2.67 bits per heavy atom. The van der Waals surface area contributed by atoms with Crippen LogP contribution in [0.25, 0.3) is 0 Å². The number of rotatable bonds is 6. The second-order valence-electron chi connectivity index (χ2n) is 4.81. The molecule has 116 valence electrons. The fourth-order valence-corrected chi connectivity index (χ4v) is 3.55. The minimum absolute atomic E-state index is 0.187. The fourth-order valence-electron chi connectivity index (χ4n) is 2.08. The molecule has 0 atom stereocenters. The Hall–Kier alpha value is -1.87. The zero-order valence-electron chi connectivity index (χ0n) is 12.6. The van der Waals surface area contributed by atoms with E-state index >= 15 is 0 Å². The van der Waals surface area contributed by atoms with Crippen molar-refractivity contribution in [3.8, 4) is 0 Å². The third-order valence-corrected chi connectivity index (χ3v) is 4.60. The lowest BCUT2D eigenvalue weighted by molar-refractivity contribution is 0.597. The maximum absolute atomic E-state index is 12.6. The summed E-state index contributed by atoms with van der Waals surface area (Å²) >= 11 is 0. The van der Waals surface area contributed by atoms with Gasteiger partial charge in [-0.15, -0.1) is 0 Å². The standard InChI is InChI=1S/C12H20N6O2S/c1-5-13-6-10-12(9(3)14-15-10)21(19,20)17-11-7-18(4)16-8(11)2/h7,13,17H,5-6H2,1-4H3,(H,14,15). The molecule has 2 aromatic rings. The highest BCUT2D eigenvalue weighted by atomic mass is 32.2. The van der Waals surface area contributed by atoms with E-state index in [0.29, 0.717) is 29.3 Å². The van der Waals surface area contributed by atoms with Gasteiger partial charge >= 0.3 is 0 Å². The number of anilines is 1. The van der Waals surface area contributed by atoms with Gasteiger partial charge in [0.15, 0.2) is 0 Å². The smallest absolute Gasteiger partial charge is 0.265 e. The van der Waals surface area contributed by atoms with Crippen molar-refractivity contribution in [2.75, 3.05) is 11.3 Å². The summed E-state index contributed by atoms with van der Waals surface area (Å²) in [7, 11) is -1.97. The molecule has 0 aliphatic rings. The number of aromatic nitrogens is 4. The van der Waals surface area contributed by atoms with E-state index in [1.54, 1.807) is 31.8 Å². The molecule has 0 aliphatic carbocycles. The predicted molar refractivity (Wildman–Crippen MR) is 79.5 cm³/mol. The van der Waals surface area contributed by atoms with E-state index in [1.807, 2.05) is 6.92 Å². The third-order valence-electron chi connectivity index (χ3n) is 3.03. The molecule has 2 aromatic heterocycles. The highest BCUT2D eigenvalue weighted by Gasteiger charge is 2.25. The molecule has 8 nitrogen and oxygen atoms in total. The Morgan fingerprint density at radius 1 is 1.38 bits per heavy atom. The molecule has 0 spiro atoms. The van der Waals surface area contributed by atoms with Crippen LogP contribution in [0.5, 0.6) is 0 Å². The van der Waals surface area contributed by atoms with Gasteiger partial charge in [-0.3, -0.25) is 14.5 Å². The zero-order chi connectivity index (χ0) is 15.6. The molecular weight excluding hydrogens is 292 g/mol. The van der Waals surface area contributed by atoms with Gasteiger partial charge in [-0.2, -0.15) is 10.2 Å². The van der Waals surface area contributed by atoms with Gasteiger partial charge in [-0.1, -0.05) is 6.92 Å². The van der Waals surface area contributed by atoms with Gasteiger partial charge in [0, 0.05) is 19.8 Å². The fraction of sp³-hybridized carbons (Fsp3) is 0.500. The van der Waals surface area contributed by atoms with Crippen LogP contribution in [0.2, 0.25) is 0 Å². The van der Waals surface area contributed by atoms with Gasteiger partial charge in [-0.25, -0.2) is 8.42 Å². The average molecular weight is 312 g/mol. The van der Waals surface area contributed by atoms with Crippen LogP contribution in [0.4, 0.5) is 5.69 Å². The average Bonchev–Trinajstić information content (AvgIpc) is 2.90. The van der Waals surface area contributed by atoms with E-state index in [9.17, 15) is 8.42 Å². The SMILES string of the molecule is CCNCc1n[nH]c(C)c1S(=O)(=O)Nc1cn(C)nc1C. The molecule has 2 rings (SSSR count). The van der Waals surface area contributed by atoms with Crippen LogP contribution < -0.4 is 10.0 Å². The third kappa shape index (κ3) is 3.24. The number of nitrogens with zero attached hydrogens (tertiary/aromatic N) is 3. The maximum atomic E-state index is 12.6. The molecule has 0 unspecified atom stereocenters. The van der Waals surface area contributed by atoms with Crippen molar-refractivity contribution in [3.05, 3.63) is 23.3 Å². The summed E-state index contributed by atoms with van der Waals surface area (Å²) < 4.78 is 29.3. The molecule has 21 heavy (non-hydrogen) atoms. The Balaban J connectivity index is 2.35. The van der Waals surface area contributed by atoms with E-state index in [-0.39, 0.29) is 4.90 Å². The first-order valence-electron chi connectivity index (χ1n) is 6.62. The first kappa shape index (κ1) is 15.5. The largest absolute Gasteiger partial charge is 0.311 e. The van der Waals surface area contributed by atoms with Crippen LogP contribution >= 0.6 is 0 Å². The van der Waals surface area contributed by atoms with Crippen LogP contribution in [-0.2, 0) is 23.6 Å². The van der Waals surface area contributed by atoms with Crippen molar-refractivity contribution in [1.82, 2.24) is 25.3 Å². The number of sulfonamides is 1. The Kier molecular flexibility index (Phi) is 4.33. The van der Waals surface area contributed by atoms with Gasteiger partial charge in [0.2, 0.25) is 0 Å². The first-order chi connectivity index (χ1) is 9.85. The van der Waals surface area contributed by atoms with E-state index in [0.717, 1.165) is 6.54 Å². The molecule has 0 aliphatic heterocycles. The Bertz CT molecular complexity index is 731. The molecular formula is C12H20N6O2S. The molecule has 0 aromatic carbocycles. The summed E-state index contributed by atoms with van der Waals surface area (Å²) in [6, 6.07) is 0. The van der Waals surface area contributed by atoms with Crippen molar-refractivity contribution in [2.24, 2.45) is 7.05 Å². The number of aryl methyl sites for hydroxylation is 3. The van der Waals surface area contributed by atoms with Crippen LogP contribution in [0.15, 0.2) is 11.1 Å². The summed E-state index contributed by atoms with van der Waals surface area (Å²) in [4.78, 5) is 0.187. The molecule has 2 heterocycles. The minimum atomic E-state index is -3.71. The minimum Gasteiger partial charge on any atom is -0.311 e. The van der Waals surface area contributed by atoms with E-state index < -0.39 is 10.0 Å². The van der Waals surface area contributed by atoms with Crippen LogP contribution in [-0.4, -0.2) is 34.9 Å². The van der Waals surface area contributed by atoms with E-state index in [2.05, 4.69) is 25.3 Å². The van der Waals surface area contributed by atoms with Crippen LogP contribution in [0, 0.1) is 13.8 Å². The molecule has 0 radical (unpaired) electrons.